The van der Waals surface area contributed by atoms with E-state index < -0.39 is 0 Å². The summed E-state index contributed by atoms with van der Waals surface area (Å²) in [6.07, 6.45) is 2.04. The quantitative estimate of drug-likeness (QED) is 0.511. The molecule has 4 aromatic rings. The predicted octanol–water partition coefficient (Wildman–Crippen LogP) is 3.30. The van der Waals surface area contributed by atoms with Gasteiger partial charge in [-0.1, -0.05) is 19.4 Å². The molecule has 160 valence electrons. The molecule has 0 saturated carbocycles. The molecule has 1 aliphatic heterocycles. The predicted molar refractivity (Wildman–Crippen MR) is 124 cm³/mol. The second kappa shape index (κ2) is 7.80. The van der Waals surface area contributed by atoms with Gasteiger partial charge in [-0.25, -0.2) is 15.0 Å². The minimum Gasteiger partial charge on any atom is -0.349 e. The topological polar surface area (TPSA) is 63.7 Å². The van der Waals surface area contributed by atoms with Crippen molar-refractivity contribution in [3.05, 3.63) is 53.0 Å². The van der Waals surface area contributed by atoms with Crippen LogP contribution in [-0.2, 0) is 6.42 Å². The lowest BCUT2D eigenvalue weighted by molar-refractivity contribution is -0.373. The first-order valence-electron chi connectivity index (χ1n) is 11.2. The number of aryl methyl sites for hydroxylation is 4. The number of aromatic amines is 1. The Hall–Kier alpha value is -3.22. The van der Waals surface area contributed by atoms with Crippen LogP contribution in [0.4, 0.5) is 11.6 Å². The van der Waals surface area contributed by atoms with Crippen molar-refractivity contribution in [2.45, 2.75) is 40.5 Å². The van der Waals surface area contributed by atoms with Gasteiger partial charge in [0.2, 0.25) is 0 Å². The SMILES string of the molecule is CCCc1cc(N2CCN(c3cccc(C)[nH+]3)CC2)n2nc3nc(C)cc(C)c3c2n1. The number of nitrogens with one attached hydrogen (secondary N) is 1. The van der Waals surface area contributed by atoms with Crippen molar-refractivity contribution in [2.75, 3.05) is 36.0 Å². The first-order chi connectivity index (χ1) is 15.0. The fraction of sp³-hybridized carbons (Fsp3) is 0.417. The first-order valence-corrected chi connectivity index (χ1v) is 11.2. The first kappa shape index (κ1) is 19.7. The lowest BCUT2D eigenvalue weighted by Crippen LogP contribution is -2.48. The van der Waals surface area contributed by atoms with E-state index in [2.05, 4.69) is 65.9 Å². The molecule has 0 aromatic carbocycles. The van der Waals surface area contributed by atoms with E-state index in [9.17, 15) is 0 Å². The molecule has 4 aromatic heterocycles. The summed E-state index contributed by atoms with van der Waals surface area (Å²) >= 11 is 0. The maximum absolute atomic E-state index is 4.99. The van der Waals surface area contributed by atoms with Crippen molar-refractivity contribution in [1.82, 2.24) is 19.6 Å². The molecule has 0 radical (unpaired) electrons. The van der Waals surface area contributed by atoms with Crippen LogP contribution in [0.5, 0.6) is 0 Å². The van der Waals surface area contributed by atoms with Crippen molar-refractivity contribution >= 4 is 28.3 Å². The molecule has 0 atom stereocenters. The number of fused-ring (bicyclic) bond motifs is 3. The zero-order chi connectivity index (χ0) is 21.5. The Labute approximate surface area is 182 Å². The third-order valence-electron chi connectivity index (χ3n) is 6.08. The number of aromatic nitrogens is 5. The second-order valence-corrected chi connectivity index (χ2v) is 8.56. The normalized spacial score (nSPS) is 14.7. The molecule has 7 heteroatoms. The van der Waals surface area contributed by atoms with Crippen LogP contribution in [0, 0.1) is 20.8 Å². The molecule has 1 N–H and O–H groups in total. The number of nitrogens with zero attached hydrogens (tertiary/aromatic N) is 6. The number of H-pyrrole nitrogens is 1. The number of piperazine rings is 1. The molecule has 0 unspecified atom stereocenters. The largest absolute Gasteiger partial charge is 0.349 e. The van der Waals surface area contributed by atoms with Crippen LogP contribution < -0.4 is 14.8 Å². The van der Waals surface area contributed by atoms with Crippen LogP contribution in [0.1, 0.15) is 36.0 Å². The van der Waals surface area contributed by atoms with Crippen molar-refractivity contribution in [3.63, 3.8) is 0 Å². The van der Waals surface area contributed by atoms with E-state index in [1.165, 1.54) is 17.1 Å². The van der Waals surface area contributed by atoms with Gasteiger partial charge in [0.15, 0.2) is 11.3 Å². The molecule has 7 nitrogen and oxygen atoms in total. The van der Waals surface area contributed by atoms with Gasteiger partial charge in [-0.3, -0.25) is 4.90 Å². The lowest BCUT2D eigenvalue weighted by atomic mass is 10.1. The Morgan fingerprint density at radius 3 is 2.48 bits per heavy atom. The van der Waals surface area contributed by atoms with E-state index in [0.29, 0.717) is 0 Å². The fourth-order valence-corrected chi connectivity index (χ4v) is 4.59. The Kier molecular flexibility index (Phi) is 4.96. The van der Waals surface area contributed by atoms with Gasteiger partial charge < -0.3 is 4.90 Å². The van der Waals surface area contributed by atoms with Crippen molar-refractivity contribution in [1.29, 1.82) is 0 Å². The molecule has 31 heavy (non-hydrogen) atoms. The molecule has 5 heterocycles. The summed E-state index contributed by atoms with van der Waals surface area (Å²) < 4.78 is 2.01. The zero-order valence-corrected chi connectivity index (χ0v) is 18.8. The highest BCUT2D eigenvalue weighted by molar-refractivity contribution is 5.93. The highest BCUT2D eigenvalue weighted by atomic mass is 15.4. The average Bonchev–Trinajstić information content (AvgIpc) is 3.12. The van der Waals surface area contributed by atoms with Crippen molar-refractivity contribution < 1.29 is 4.98 Å². The summed E-state index contributed by atoms with van der Waals surface area (Å²) in [4.78, 5) is 18.0. The molecule has 0 amide bonds. The van der Waals surface area contributed by atoms with Crippen LogP contribution in [-0.4, -0.2) is 45.8 Å². The number of anilines is 2. The van der Waals surface area contributed by atoms with Crippen molar-refractivity contribution in [3.8, 4) is 0 Å². The monoisotopic (exact) mass is 416 g/mol. The fourth-order valence-electron chi connectivity index (χ4n) is 4.59. The van der Waals surface area contributed by atoms with Gasteiger partial charge in [0.1, 0.15) is 18.9 Å². The van der Waals surface area contributed by atoms with E-state index in [-0.39, 0.29) is 0 Å². The maximum Gasteiger partial charge on any atom is 0.274 e. The van der Waals surface area contributed by atoms with E-state index in [1.54, 1.807) is 0 Å². The molecule has 1 fully saturated rings. The molecule has 0 bridgehead atoms. The Balaban J connectivity index is 1.54. The van der Waals surface area contributed by atoms with Crippen LogP contribution in [0.15, 0.2) is 30.3 Å². The van der Waals surface area contributed by atoms with Crippen LogP contribution >= 0.6 is 0 Å². The molecule has 1 aliphatic rings. The number of hydrogen-bond donors (Lipinski definition) is 0. The third-order valence-corrected chi connectivity index (χ3v) is 6.08. The minimum atomic E-state index is 0.785. The Morgan fingerprint density at radius 2 is 1.74 bits per heavy atom. The highest BCUT2D eigenvalue weighted by Gasteiger charge is 2.26. The summed E-state index contributed by atoms with van der Waals surface area (Å²) in [6, 6.07) is 10.7. The van der Waals surface area contributed by atoms with Crippen molar-refractivity contribution in [2.24, 2.45) is 0 Å². The smallest absolute Gasteiger partial charge is 0.274 e. The zero-order valence-electron chi connectivity index (χ0n) is 18.8. The lowest BCUT2D eigenvalue weighted by Gasteiger charge is -2.32. The van der Waals surface area contributed by atoms with E-state index in [1.807, 2.05) is 11.4 Å². The summed E-state index contributed by atoms with van der Waals surface area (Å²) in [6.45, 7) is 12.3. The molecular weight excluding hydrogens is 386 g/mol. The van der Waals surface area contributed by atoms with E-state index in [4.69, 9.17) is 15.1 Å². The van der Waals surface area contributed by atoms with E-state index in [0.717, 1.165) is 72.9 Å². The molecule has 1 saturated heterocycles. The highest BCUT2D eigenvalue weighted by Crippen LogP contribution is 2.27. The minimum absolute atomic E-state index is 0.785. The number of pyridine rings is 2. The average molecular weight is 417 g/mol. The van der Waals surface area contributed by atoms with Gasteiger partial charge >= 0.3 is 0 Å². The van der Waals surface area contributed by atoms with Gasteiger partial charge in [-0.2, -0.15) is 4.52 Å². The van der Waals surface area contributed by atoms with Gasteiger partial charge in [0.05, 0.1) is 24.2 Å². The van der Waals surface area contributed by atoms with Gasteiger partial charge in [-0.05, 0) is 44.9 Å². The maximum atomic E-state index is 4.99. The molecular formula is C24H30N7+. The summed E-state index contributed by atoms with van der Waals surface area (Å²) in [5.74, 6) is 2.31. The van der Waals surface area contributed by atoms with Crippen LogP contribution in [0.25, 0.3) is 16.7 Å². The van der Waals surface area contributed by atoms with Gasteiger partial charge in [-0.15, -0.1) is 5.10 Å². The standard InChI is InChI=1S/C24H29N7/c1-5-7-19-15-21(30-12-10-29(11-13-30)20-9-6-8-17(3)25-20)31-24(27-19)22-16(2)14-18(4)26-23(22)28-31/h6,8-9,14-15H,5,7,10-13H2,1-4H3/p+1. The van der Waals surface area contributed by atoms with Gasteiger partial charge in [0, 0.05) is 23.5 Å². The van der Waals surface area contributed by atoms with Gasteiger partial charge in [0.25, 0.3) is 5.82 Å². The number of rotatable bonds is 4. The van der Waals surface area contributed by atoms with Crippen LogP contribution in [0.2, 0.25) is 0 Å². The summed E-state index contributed by atoms with van der Waals surface area (Å²) in [7, 11) is 0. The third kappa shape index (κ3) is 3.58. The molecule has 0 aliphatic carbocycles. The Morgan fingerprint density at radius 1 is 0.968 bits per heavy atom. The summed E-state index contributed by atoms with van der Waals surface area (Å²) in [5, 5.41) is 5.95. The molecule has 0 spiro atoms. The van der Waals surface area contributed by atoms with Crippen LogP contribution in [0.3, 0.4) is 0 Å². The second-order valence-electron chi connectivity index (χ2n) is 8.56. The van der Waals surface area contributed by atoms with E-state index >= 15 is 0 Å². The number of hydrogen-bond acceptors (Lipinski definition) is 5. The Bertz CT molecular complexity index is 1250. The molecule has 5 rings (SSSR count). The summed E-state index contributed by atoms with van der Waals surface area (Å²) in [5.41, 5.74) is 6.20.